The van der Waals surface area contributed by atoms with Gasteiger partial charge < -0.3 is 15.4 Å². The van der Waals surface area contributed by atoms with Crippen LogP contribution in [0.2, 0.25) is 0 Å². The molecule has 3 aliphatic rings. The Hall–Kier alpha value is -3.58. The Kier molecular flexibility index (Phi) is 12.9. The van der Waals surface area contributed by atoms with E-state index in [1.807, 2.05) is 30.3 Å². The number of ether oxygens (including phenoxy) is 1. The summed E-state index contributed by atoms with van der Waals surface area (Å²) in [7, 11) is 0. The van der Waals surface area contributed by atoms with E-state index in [9.17, 15) is 19.2 Å². The van der Waals surface area contributed by atoms with Gasteiger partial charge in [0, 0.05) is 44.2 Å². The highest BCUT2D eigenvalue weighted by atomic mass is 16.5. The van der Waals surface area contributed by atoms with E-state index in [0.29, 0.717) is 38.8 Å². The second-order valence-corrected chi connectivity index (χ2v) is 12.3. The van der Waals surface area contributed by atoms with E-state index in [-0.39, 0.29) is 43.0 Å². The molecule has 1 aromatic carbocycles. The lowest BCUT2D eigenvalue weighted by molar-refractivity contribution is -0.150. The molecule has 7 nitrogen and oxygen atoms in total. The smallest absolute Gasteiger partial charge is 0.325 e. The number of carbonyl (C=O) groups is 4. The van der Waals surface area contributed by atoms with Gasteiger partial charge in [-0.15, -0.1) is 0 Å². The normalized spacial score (nSPS) is 21.5. The first-order valence-electron chi connectivity index (χ1n) is 16.3. The molecular formula is C37H48N2O5. The molecule has 4 rings (SSSR count). The van der Waals surface area contributed by atoms with Gasteiger partial charge >= 0.3 is 5.97 Å². The number of ketones is 2. The summed E-state index contributed by atoms with van der Waals surface area (Å²) < 4.78 is 5.17. The monoisotopic (exact) mass is 600 g/mol. The van der Waals surface area contributed by atoms with Crippen molar-refractivity contribution in [3.8, 4) is 0 Å². The number of Topliss-reactive ketones (excluding diaryl/α,β-unsaturated/α-hetero) is 2. The Morgan fingerprint density at radius 1 is 0.886 bits per heavy atom. The highest BCUT2D eigenvalue weighted by molar-refractivity contribution is 5.95. The van der Waals surface area contributed by atoms with Crippen LogP contribution in [0.5, 0.6) is 0 Å². The van der Waals surface area contributed by atoms with Crippen LogP contribution < -0.4 is 5.73 Å². The van der Waals surface area contributed by atoms with E-state index in [2.05, 4.69) is 30.4 Å². The number of allylic oxidation sites excluding steroid dienone is 8. The number of esters is 1. The maximum absolute atomic E-state index is 13.9. The van der Waals surface area contributed by atoms with Crippen molar-refractivity contribution in [3.05, 3.63) is 83.0 Å². The van der Waals surface area contributed by atoms with Crippen molar-refractivity contribution in [2.24, 2.45) is 23.5 Å². The van der Waals surface area contributed by atoms with Gasteiger partial charge in [0.1, 0.15) is 18.1 Å². The summed E-state index contributed by atoms with van der Waals surface area (Å²) in [5.74, 6) is -1.85. The molecule has 3 aliphatic carbocycles. The molecule has 3 atom stereocenters. The average Bonchev–Trinajstić information content (AvgIpc) is 3.52. The van der Waals surface area contributed by atoms with Crippen LogP contribution in [0.4, 0.5) is 0 Å². The van der Waals surface area contributed by atoms with Crippen molar-refractivity contribution in [1.29, 1.82) is 0 Å². The zero-order chi connectivity index (χ0) is 31.3. The molecule has 1 fully saturated rings. The molecular weight excluding hydrogens is 552 g/mol. The minimum absolute atomic E-state index is 0.00343. The second-order valence-electron chi connectivity index (χ2n) is 12.3. The van der Waals surface area contributed by atoms with Crippen molar-refractivity contribution >= 4 is 23.4 Å². The molecule has 0 aliphatic heterocycles. The standard InChI is InChI=1S/C37H48N2O5/c1-2-44-37(43)26-39(21-20-29-12-15-30(25-38)16-13-29)36(42)24-33-32(19-18-28-10-6-7-11-28)34(40)22-31(23-35(33)41)17-14-27-8-4-3-5-9-27/h3-4,6-8,10,12-13,15-16,31-33H,2,5,9,11,14,17-26,38H2,1H3. The number of nitrogens with two attached hydrogens (primary N) is 1. The molecule has 1 saturated carbocycles. The number of hydrogen-bond acceptors (Lipinski definition) is 6. The molecule has 1 aromatic rings. The molecule has 3 unspecified atom stereocenters. The largest absolute Gasteiger partial charge is 0.465 e. The maximum atomic E-state index is 13.9. The lowest BCUT2D eigenvalue weighted by Gasteiger charge is -2.27. The molecule has 0 bridgehead atoms. The van der Waals surface area contributed by atoms with Gasteiger partial charge in [0.2, 0.25) is 5.91 Å². The van der Waals surface area contributed by atoms with Gasteiger partial charge in [0.05, 0.1) is 6.61 Å². The van der Waals surface area contributed by atoms with E-state index in [0.717, 1.165) is 49.7 Å². The Morgan fingerprint density at radius 3 is 2.23 bits per heavy atom. The zero-order valence-electron chi connectivity index (χ0n) is 26.2. The summed E-state index contributed by atoms with van der Waals surface area (Å²) in [4.78, 5) is 55.5. The van der Waals surface area contributed by atoms with Crippen molar-refractivity contribution in [3.63, 3.8) is 0 Å². The van der Waals surface area contributed by atoms with E-state index in [1.165, 1.54) is 16.0 Å². The third kappa shape index (κ3) is 9.98. The topological polar surface area (TPSA) is 107 Å². The van der Waals surface area contributed by atoms with E-state index in [1.54, 1.807) is 6.92 Å². The number of benzene rings is 1. The molecule has 1 amide bonds. The van der Waals surface area contributed by atoms with Gasteiger partial charge in [0.25, 0.3) is 0 Å². The van der Waals surface area contributed by atoms with E-state index >= 15 is 0 Å². The summed E-state index contributed by atoms with van der Waals surface area (Å²) in [6.07, 6.45) is 19.7. The van der Waals surface area contributed by atoms with Gasteiger partial charge in [-0.05, 0) is 75.3 Å². The summed E-state index contributed by atoms with van der Waals surface area (Å²) in [5.41, 5.74) is 10.4. The highest BCUT2D eigenvalue weighted by Crippen LogP contribution is 2.36. The van der Waals surface area contributed by atoms with Crippen LogP contribution in [0.1, 0.15) is 82.3 Å². The van der Waals surface area contributed by atoms with Crippen LogP contribution >= 0.6 is 0 Å². The lowest BCUT2D eigenvalue weighted by atomic mass is 9.80. The first-order chi connectivity index (χ1) is 21.4. The van der Waals surface area contributed by atoms with Crippen molar-refractivity contribution in [2.45, 2.75) is 84.1 Å². The van der Waals surface area contributed by atoms with Crippen molar-refractivity contribution < 1.29 is 23.9 Å². The quantitative estimate of drug-likeness (QED) is 0.196. The number of amides is 1. The molecule has 0 spiro atoms. The molecule has 0 heterocycles. The SMILES string of the molecule is CCOC(=O)CN(CCc1ccc(CN)cc1)C(=O)CC1C(=O)CC(CCC2=CC=CCC2)CC(=O)C1CCC1=CC=CC1. The van der Waals surface area contributed by atoms with Crippen LogP contribution in [0.3, 0.4) is 0 Å². The minimum Gasteiger partial charge on any atom is -0.465 e. The first-order valence-corrected chi connectivity index (χ1v) is 16.3. The predicted molar refractivity (Wildman–Crippen MR) is 172 cm³/mol. The second kappa shape index (κ2) is 17.0. The van der Waals surface area contributed by atoms with Crippen molar-refractivity contribution in [2.75, 3.05) is 19.7 Å². The Morgan fingerprint density at radius 2 is 1.57 bits per heavy atom. The zero-order valence-corrected chi connectivity index (χ0v) is 26.2. The highest BCUT2D eigenvalue weighted by Gasteiger charge is 2.40. The first kappa shape index (κ1) is 33.3. The van der Waals surface area contributed by atoms with Crippen molar-refractivity contribution in [1.82, 2.24) is 4.90 Å². The Labute approximate surface area is 262 Å². The van der Waals surface area contributed by atoms with E-state index in [4.69, 9.17) is 10.5 Å². The van der Waals surface area contributed by atoms with Gasteiger partial charge in [-0.25, -0.2) is 0 Å². The molecule has 7 heteroatoms. The number of nitrogens with zero attached hydrogens (tertiary/aromatic N) is 1. The van der Waals surface area contributed by atoms with Crippen LogP contribution in [0.25, 0.3) is 0 Å². The molecule has 2 N–H and O–H groups in total. The molecule has 0 radical (unpaired) electrons. The fourth-order valence-electron chi connectivity index (χ4n) is 6.56. The third-order valence-electron chi connectivity index (χ3n) is 9.19. The number of carbonyl (C=O) groups excluding carboxylic acids is 4. The lowest BCUT2D eigenvalue weighted by Crippen LogP contribution is -2.41. The van der Waals surface area contributed by atoms with Crippen LogP contribution in [0.15, 0.2) is 71.9 Å². The molecule has 0 saturated heterocycles. The van der Waals surface area contributed by atoms with E-state index < -0.39 is 17.8 Å². The van der Waals surface area contributed by atoms with Gasteiger partial charge in [-0.1, -0.05) is 71.9 Å². The fourth-order valence-corrected chi connectivity index (χ4v) is 6.56. The van der Waals surface area contributed by atoms with Crippen LogP contribution in [-0.4, -0.2) is 48.0 Å². The predicted octanol–water partition coefficient (Wildman–Crippen LogP) is 5.97. The molecule has 44 heavy (non-hydrogen) atoms. The van der Waals surface area contributed by atoms with Gasteiger partial charge in [-0.3, -0.25) is 19.2 Å². The number of hydrogen-bond donors (Lipinski definition) is 1. The van der Waals surface area contributed by atoms with Gasteiger partial charge in [0.15, 0.2) is 0 Å². The third-order valence-corrected chi connectivity index (χ3v) is 9.19. The Balaban J connectivity index is 1.49. The maximum Gasteiger partial charge on any atom is 0.325 e. The summed E-state index contributed by atoms with van der Waals surface area (Å²) >= 11 is 0. The number of rotatable bonds is 15. The van der Waals surface area contributed by atoms with Gasteiger partial charge in [-0.2, -0.15) is 0 Å². The van der Waals surface area contributed by atoms with Crippen LogP contribution in [0, 0.1) is 17.8 Å². The molecule has 0 aromatic heterocycles. The fraction of sp³-hybridized carbons (Fsp3) is 0.514. The molecule has 236 valence electrons. The Bertz CT molecular complexity index is 1290. The summed E-state index contributed by atoms with van der Waals surface area (Å²) in [6, 6.07) is 7.87. The summed E-state index contributed by atoms with van der Waals surface area (Å²) in [5, 5.41) is 0. The average molecular weight is 601 g/mol. The van der Waals surface area contributed by atoms with Crippen LogP contribution in [-0.2, 0) is 36.9 Å². The minimum atomic E-state index is -0.680. The summed E-state index contributed by atoms with van der Waals surface area (Å²) in [6.45, 7) is 2.53.